The van der Waals surface area contributed by atoms with Gasteiger partial charge in [0.15, 0.2) is 0 Å². The van der Waals surface area contributed by atoms with Crippen molar-refractivity contribution in [3.05, 3.63) is 57.3 Å². The van der Waals surface area contributed by atoms with Crippen molar-refractivity contribution in [2.24, 2.45) is 0 Å². The van der Waals surface area contributed by atoms with Gasteiger partial charge >= 0.3 is 0 Å². The summed E-state index contributed by atoms with van der Waals surface area (Å²) >= 11 is 1.51. The molecule has 1 N–H and O–H groups in total. The lowest BCUT2D eigenvalue weighted by molar-refractivity contribution is -0.384. The number of thiophene rings is 1. The summed E-state index contributed by atoms with van der Waals surface area (Å²) in [6.45, 7) is 4.73. The number of benzene rings is 1. The third-order valence-electron chi connectivity index (χ3n) is 4.18. The number of hydrogen-bond acceptors (Lipinski definition) is 8. The molecule has 10 heteroatoms. The molecule has 1 aromatic carbocycles. The van der Waals surface area contributed by atoms with Gasteiger partial charge in [0, 0.05) is 6.07 Å². The Kier molecular flexibility index (Phi) is 6.68. The van der Waals surface area contributed by atoms with Gasteiger partial charge in [0.05, 0.1) is 22.9 Å². The number of anilines is 1. The molecule has 152 valence electrons. The minimum Gasteiger partial charge on any atom is -0.419 e. The lowest BCUT2D eigenvalue weighted by atomic mass is 10.1. The quantitative estimate of drug-likeness (QED) is 0.417. The van der Waals surface area contributed by atoms with Gasteiger partial charge in [0.2, 0.25) is 11.8 Å². The first-order valence-corrected chi connectivity index (χ1v) is 9.98. The van der Waals surface area contributed by atoms with E-state index in [0.29, 0.717) is 30.4 Å². The summed E-state index contributed by atoms with van der Waals surface area (Å²) in [7, 11) is 0. The number of amides is 1. The summed E-state index contributed by atoms with van der Waals surface area (Å²) in [5, 5.41) is 24.0. The van der Waals surface area contributed by atoms with Gasteiger partial charge in [-0.15, -0.1) is 21.5 Å². The number of rotatable bonds is 9. The number of carbonyl (C=O) groups is 1. The number of nitro groups is 1. The van der Waals surface area contributed by atoms with Crippen LogP contribution >= 0.6 is 11.3 Å². The van der Waals surface area contributed by atoms with E-state index in [0.717, 1.165) is 11.3 Å². The minimum atomic E-state index is -0.503. The molecule has 2 heterocycles. The molecular formula is C19H21N5O4S. The zero-order valence-corrected chi connectivity index (χ0v) is 16.9. The highest BCUT2D eigenvalue weighted by Crippen LogP contribution is 2.27. The Bertz CT molecular complexity index is 986. The third-order valence-corrected chi connectivity index (χ3v) is 5.03. The zero-order valence-electron chi connectivity index (χ0n) is 16.1. The van der Waals surface area contributed by atoms with Crippen molar-refractivity contribution in [3.8, 4) is 10.8 Å². The topological polar surface area (TPSA) is 114 Å². The van der Waals surface area contributed by atoms with Crippen LogP contribution in [0.4, 0.5) is 11.4 Å². The van der Waals surface area contributed by atoms with Gasteiger partial charge in [-0.2, -0.15) is 0 Å². The molecule has 3 aromatic rings. The Morgan fingerprint density at radius 2 is 2.14 bits per heavy atom. The summed E-state index contributed by atoms with van der Waals surface area (Å²) in [6, 6.07) is 8.48. The number of aryl methyl sites for hydroxylation is 1. The van der Waals surface area contributed by atoms with Crippen molar-refractivity contribution in [1.29, 1.82) is 0 Å². The molecular weight excluding hydrogens is 394 g/mol. The summed E-state index contributed by atoms with van der Waals surface area (Å²) in [6.07, 6.45) is 0.823. The van der Waals surface area contributed by atoms with Crippen molar-refractivity contribution in [2.75, 3.05) is 18.4 Å². The van der Waals surface area contributed by atoms with Gasteiger partial charge in [0.1, 0.15) is 5.69 Å². The van der Waals surface area contributed by atoms with Crippen molar-refractivity contribution in [2.45, 2.75) is 26.8 Å². The van der Waals surface area contributed by atoms with E-state index in [1.807, 2.05) is 29.3 Å². The van der Waals surface area contributed by atoms with E-state index >= 15 is 0 Å². The van der Waals surface area contributed by atoms with Crippen molar-refractivity contribution >= 4 is 28.6 Å². The monoisotopic (exact) mass is 415 g/mol. The molecule has 0 aliphatic heterocycles. The summed E-state index contributed by atoms with van der Waals surface area (Å²) in [5.41, 5.74) is 0.724. The van der Waals surface area contributed by atoms with Crippen LogP contribution < -0.4 is 5.32 Å². The molecule has 0 aliphatic carbocycles. The molecule has 0 radical (unpaired) electrons. The van der Waals surface area contributed by atoms with E-state index < -0.39 is 4.92 Å². The number of nitro benzene ring substituents is 1. The number of nitrogens with zero attached hydrogens (tertiary/aromatic N) is 4. The lowest BCUT2D eigenvalue weighted by Gasteiger charge is -2.19. The summed E-state index contributed by atoms with van der Waals surface area (Å²) < 4.78 is 5.70. The van der Waals surface area contributed by atoms with E-state index in [9.17, 15) is 14.9 Å². The molecule has 0 unspecified atom stereocenters. The molecule has 0 saturated carbocycles. The smallest absolute Gasteiger partial charge is 0.293 e. The van der Waals surface area contributed by atoms with Crippen LogP contribution in [0.15, 0.2) is 40.1 Å². The Balaban J connectivity index is 1.68. The maximum Gasteiger partial charge on any atom is 0.293 e. The first-order chi connectivity index (χ1) is 14.0. The maximum absolute atomic E-state index is 12.6. The fourth-order valence-corrected chi connectivity index (χ4v) is 3.53. The van der Waals surface area contributed by atoms with Crippen LogP contribution in [-0.2, 0) is 11.3 Å². The number of carbonyl (C=O) groups excluding carboxylic acids is 1. The van der Waals surface area contributed by atoms with Gasteiger partial charge in [-0.25, -0.2) is 0 Å². The van der Waals surface area contributed by atoms with Crippen LogP contribution in [0.3, 0.4) is 0 Å². The second kappa shape index (κ2) is 9.39. The van der Waals surface area contributed by atoms with Crippen LogP contribution in [0.5, 0.6) is 0 Å². The molecule has 0 saturated heterocycles. The van der Waals surface area contributed by atoms with Gasteiger partial charge in [-0.05, 0) is 36.9 Å². The van der Waals surface area contributed by atoms with Crippen LogP contribution in [0.25, 0.3) is 10.8 Å². The van der Waals surface area contributed by atoms with Gasteiger partial charge in [-0.1, -0.05) is 25.1 Å². The second-order valence-corrected chi connectivity index (χ2v) is 7.41. The predicted molar refractivity (Wildman–Crippen MR) is 110 cm³/mol. The summed E-state index contributed by atoms with van der Waals surface area (Å²) in [5.74, 6) is 0.525. The van der Waals surface area contributed by atoms with E-state index in [1.165, 1.54) is 17.4 Å². The molecule has 0 atom stereocenters. The standard InChI is InChI=1S/C19H21N5O4S/c1-3-9-23(12-17-21-22-19(28-17)15-8-5-10-29-15)11-16(25)20-18-13(2)6-4-7-14(18)24(26)27/h4-8,10H,3,9,11-12H2,1-2H3,(H,20,25). The zero-order chi connectivity index (χ0) is 20.8. The molecule has 0 aliphatic rings. The number of aromatic nitrogens is 2. The average Bonchev–Trinajstić information content (AvgIpc) is 3.35. The second-order valence-electron chi connectivity index (χ2n) is 6.46. The molecule has 2 aromatic heterocycles. The van der Waals surface area contributed by atoms with Crippen LogP contribution in [0, 0.1) is 17.0 Å². The SMILES string of the molecule is CCCN(CC(=O)Nc1c(C)cccc1[N+](=O)[O-])Cc1nnc(-c2cccs2)o1. The van der Waals surface area contributed by atoms with E-state index in [1.54, 1.807) is 19.1 Å². The van der Waals surface area contributed by atoms with Crippen LogP contribution in [-0.4, -0.2) is 39.0 Å². The molecule has 29 heavy (non-hydrogen) atoms. The lowest BCUT2D eigenvalue weighted by Crippen LogP contribution is -2.33. The molecule has 9 nitrogen and oxygen atoms in total. The van der Waals surface area contributed by atoms with Gasteiger partial charge in [-0.3, -0.25) is 19.8 Å². The normalized spacial score (nSPS) is 11.0. The van der Waals surface area contributed by atoms with E-state index in [4.69, 9.17) is 4.42 Å². The van der Waals surface area contributed by atoms with Crippen molar-refractivity contribution in [3.63, 3.8) is 0 Å². The Morgan fingerprint density at radius 3 is 2.83 bits per heavy atom. The minimum absolute atomic E-state index is 0.0516. The Labute approximate surface area is 171 Å². The average molecular weight is 415 g/mol. The first kappa shape index (κ1) is 20.6. The third kappa shape index (κ3) is 5.24. The Hall–Kier alpha value is -3.11. The summed E-state index contributed by atoms with van der Waals surface area (Å²) in [4.78, 5) is 26.1. The fourth-order valence-electron chi connectivity index (χ4n) is 2.89. The first-order valence-electron chi connectivity index (χ1n) is 9.10. The van der Waals surface area contributed by atoms with Crippen molar-refractivity contribution in [1.82, 2.24) is 15.1 Å². The van der Waals surface area contributed by atoms with Crippen LogP contribution in [0.1, 0.15) is 24.8 Å². The highest BCUT2D eigenvalue weighted by Gasteiger charge is 2.20. The number of hydrogen-bond donors (Lipinski definition) is 1. The van der Waals surface area contributed by atoms with Gasteiger partial charge in [0.25, 0.3) is 11.6 Å². The Morgan fingerprint density at radius 1 is 1.31 bits per heavy atom. The molecule has 1 amide bonds. The number of para-hydroxylation sites is 1. The highest BCUT2D eigenvalue weighted by molar-refractivity contribution is 7.13. The van der Waals surface area contributed by atoms with Crippen LogP contribution in [0.2, 0.25) is 0 Å². The van der Waals surface area contributed by atoms with E-state index in [-0.39, 0.29) is 23.8 Å². The molecule has 0 spiro atoms. The maximum atomic E-state index is 12.6. The fraction of sp³-hybridized carbons (Fsp3) is 0.316. The van der Waals surface area contributed by atoms with E-state index in [2.05, 4.69) is 15.5 Å². The molecule has 3 rings (SSSR count). The predicted octanol–water partition coefficient (Wildman–Crippen LogP) is 3.87. The van der Waals surface area contributed by atoms with Crippen molar-refractivity contribution < 1.29 is 14.1 Å². The number of nitrogens with one attached hydrogen (secondary N) is 1. The molecule has 0 bridgehead atoms. The highest BCUT2D eigenvalue weighted by atomic mass is 32.1. The molecule has 0 fully saturated rings. The largest absolute Gasteiger partial charge is 0.419 e. The van der Waals surface area contributed by atoms with Gasteiger partial charge < -0.3 is 9.73 Å².